The lowest BCUT2D eigenvalue weighted by Crippen LogP contribution is -2.43. The number of aromatic amines is 1. The van der Waals surface area contributed by atoms with Crippen LogP contribution in [-0.4, -0.2) is 35.5 Å². The number of guanidine groups is 1. The number of H-pyrrole nitrogens is 1. The Bertz CT molecular complexity index is 588. The number of thioether (sulfide) groups is 1. The van der Waals surface area contributed by atoms with Crippen molar-refractivity contribution in [3.05, 3.63) is 36.0 Å². The summed E-state index contributed by atoms with van der Waals surface area (Å²) in [5.74, 6) is 0.829. The largest absolute Gasteiger partial charge is 0.357 e. The molecule has 0 bridgehead atoms. The highest BCUT2D eigenvalue weighted by molar-refractivity contribution is 14.0. The molecule has 4 nitrogen and oxygen atoms in total. The molecule has 2 rings (SSSR count). The molecule has 3 N–H and O–H groups in total. The van der Waals surface area contributed by atoms with Gasteiger partial charge in [-0.1, -0.05) is 18.2 Å². The summed E-state index contributed by atoms with van der Waals surface area (Å²) in [7, 11) is 1.80. The van der Waals surface area contributed by atoms with Crippen LogP contribution in [0.4, 0.5) is 0 Å². The van der Waals surface area contributed by atoms with Gasteiger partial charge in [-0.2, -0.15) is 11.8 Å². The number of para-hydroxylation sites is 1. The molecule has 0 fully saturated rings. The third kappa shape index (κ3) is 5.39. The summed E-state index contributed by atoms with van der Waals surface area (Å²) in [5, 5.41) is 7.95. The van der Waals surface area contributed by atoms with Crippen LogP contribution in [-0.2, 0) is 6.54 Å². The number of hydrogen-bond donors (Lipinski definition) is 3. The van der Waals surface area contributed by atoms with Crippen molar-refractivity contribution in [1.29, 1.82) is 0 Å². The first-order chi connectivity index (χ1) is 10.0. The number of aromatic nitrogens is 1. The van der Waals surface area contributed by atoms with Gasteiger partial charge < -0.3 is 15.6 Å². The van der Waals surface area contributed by atoms with Crippen LogP contribution in [0.1, 0.15) is 19.5 Å². The zero-order valence-electron chi connectivity index (χ0n) is 13.6. The number of aliphatic imine (C=N–C) groups is 1. The number of rotatable bonds is 5. The van der Waals surface area contributed by atoms with E-state index in [1.165, 1.54) is 10.9 Å². The summed E-state index contributed by atoms with van der Waals surface area (Å²) >= 11 is 1.85. The Kier molecular flexibility index (Phi) is 7.55. The second kappa shape index (κ2) is 8.67. The van der Waals surface area contributed by atoms with Crippen LogP contribution in [0, 0.1) is 0 Å². The minimum absolute atomic E-state index is 0. The number of halogens is 1. The summed E-state index contributed by atoms with van der Waals surface area (Å²) in [4.78, 5) is 7.67. The summed E-state index contributed by atoms with van der Waals surface area (Å²) in [6.45, 7) is 6.04. The Morgan fingerprint density at radius 3 is 2.64 bits per heavy atom. The van der Waals surface area contributed by atoms with E-state index in [9.17, 15) is 0 Å². The second-order valence-corrected chi connectivity index (χ2v) is 7.14. The molecule has 1 aromatic carbocycles. The van der Waals surface area contributed by atoms with Crippen molar-refractivity contribution < 1.29 is 0 Å². The SMILES string of the molecule is CN=C(NCc1cc2ccccc2[nH]1)NCC(C)(C)SC.I. The molecule has 6 heteroatoms. The van der Waals surface area contributed by atoms with Gasteiger partial charge in [0.25, 0.3) is 0 Å². The monoisotopic (exact) mass is 432 g/mol. The minimum atomic E-state index is 0. The smallest absolute Gasteiger partial charge is 0.191 e. The molecule has 1 heterocycles. The second-order valence-electron chi connectivity index (χ2n) is 5.62. The molecular weight excluding hydrogens is 407 g/mol. The van der Waals surface area contributed by atoms with Crippen LogP contribution in [0.5, 0.6) is 0 Å². The zero-order valence-corrected chi connectivity index (χ0v) is 16.7. The van der Waals surface area contributed by atoms with Crippen LogP contribution in [0.3, 0.4) is 0 Å². The molecule has 0 atom stereocenters. The Hall–Kier alpha value is -0.890. The molecule has 1 aromatic heterocycles. The molecule has 0 aliphatic heterocycles. The summed E-state index contributed by atoms with van der Waals surface area (Å²) in [5.41, 5.74) is 2.32. The fourth-order valence-electron chi connectivity index (χ4n) is 2.00. The number of hydrogen-bond acceptors (Lipinski definition) is 2. The molecule has 22 heavy (non-hydrogen) atoms. The van der Waals surface area contributed by atoms with Crippen molar-refractivity contribution >= 4 is 52.6 Å². The minimum Gasteiger partial charge on any atom is -0.357 e. The van der Waals surface area contributed by atoms with Crippen molar-refractivity contribution in [1.82, 2.24) is 15.6 Å². The van der Waals surface area contributed by atoms with Crippen LogP contribution in [0.15, 0.2) is 35.3 Å². The van der Waals surface area contributed by atoms with E-state index in [2.05, 4.69) is 65.0 Å². The first kappa shape index (κ1) is 19.2. The van der Waals surface area contributed by atoms with Gasteiger partial charge in [0.05, 0.1) is 6.54 Å². The third-order valence-corrected chi connectivity index (χ3v) is 4.74. The fraction of sp³-hybridized carbons (Fsp3) is 0.438. The first-order valence-corrected chi connectivity index (χ1v) is 8.33. The van der Waals surface area contributed by atoms with Gasteiger partial charge in [0.15, 0.2) is 5.96 Å². The highest BCUT2D eigenvalue weighted by Crippen LogP contribution is 2.19. The molecule has 0 saturated carbocycles. The predicted molar refractivity (Wildman–Crippen MR) is 110 cm³/mol. The van der Waals surface area contributed by atoms with Gasteiger partial charge in [-0.25, -0.2) is 0 Å². The van der Waals surface area contributed by atoms with E-state index in [0.29, 0.717) is 0 Å². The number of nitrogens with one attached hydrogen (secondary N) is 3. The highest BCUT2D eigenvalue weighted by Gasteiger charge is 2.16. The van der Waals surface area contributed by atoms with E-state index in [-0.39, 0.29) is 28.7 Å². The van der Waals surface area contributed by atoms with Crippen molar-refractivity contribution in [2.75, 3.05) is 19.8 Å². The van der Waals surface area contributed by atoms with E-state index in [1.54, 1.807) is 7.05 Å². The van der Waals surface area contributed by atoms with E-state index in [1.807, 2.05) is 17.8 Å². The van der Waals surface area contributed by atoms with Gasteiger partial charge in [0.1, 0.15) is 0 Å². The van der Waals surface area contributed by atoms with Crippen molar-refractivity contribution in [2.24, 2.45) is 4.99 Å². The van der Waals surface area contributed by atoms with Gasteiger partial charge in [-0.05, 0) is 37.6 Å². The maximum absolute atomic E-state index is 4.27. The average molecular weight is 432 g/mol. The molecule has 0 unspecified atom stereocenters. The van der Waals surface area contributed by atoms with Crippen molar-refractivity contribution in [2.45, 2.75) is 25.1 Å². The van der Waals surface area contributed by atoms with E-state index >= 15 is 0 Å². The number of nitrogens with zero attached hydrogens (tertiary/aromatic N) is 1. The van der Waals surface area contributed by atoms with Crippen LogP contribution in [0.25, 0.3) is 10.9 Å². The molecule has 2 aromatic rings. The number of benzene rings is 1. The summed E-state index contributed by atoms with van der Waals surface area (Å²) < 4.78 is 0.193. The Morgan fingerprint density at radius 1 is 1.27 bits per heavy atom. The highest BCUT2D eigenvalue weighted by atomic mass is 127. The molecule has 0 spiro atoms. The molecule has 0 radical (unpaired) electrons. The maximum atomic E-state index is 4.27. The zero-order chi connectivity index (χ0) is 15.3. The Labute approximate surface area is 154 Å². The predicted octanol–water partition coefficient (Wildman–Crippen LogP) is 3.59. The van der Waals surface area contributed by atoms with Gasteiger partial charge in [0.2, 0.25) is 0 Å². The molecule has 0 aliphatic carbocycles. The van der Waals surface area contributed by atoms with Crippen molar-refractivity contribution in [3.63, 3.8) is 0 Å². The van der Waals surface area contributed by atoms with Crippen LogP contribution >= 0.6 is 35.7 Å². The molecule has 122 valence electrons. The average Bonchev–Trinajstić information content (AvgIpc) is 2.90. The molecule has 0 aliphatic rings. The topological polar surface area (TPSA) is 52.2 Å². The lowest BCUT2D eigenvalue weighted by atomic mass is 10.2. The van der Waals surface area contributed by atoms with E-state index < -0.39 is 0 Å². The lowest BCUT2D eigenvalue weighted by Gasteiger charge is -2.23. The van der Waals surface area contributed by atoms with Crippen molar-refractivity contribution in [3.8, 4) is 0 Å². The van der Waals surface area contributed by atoms with Crippen LogP contribution < -0.4 is 10.6 Å². The molecular formula is C16H25IN4S. The maximum Gasteiger partial charge on any atom is 0.191 e. The van der Waals surface area contributed by atoms with Crippen LogP contribution in [0.2, 0.25) is 0 Å². The Morgan fingerprint density at radius 2 is 2.00 bits per heavy atom. The number of fused-ring (bicyclic) bond motifs is 1. The van der Waals surface area contributed by atoms with Gasteiger partial charge in [-0.3, -0.25) is 4.99 Å². The van der Waals surface area contributed by atoms with E-state index in [4.69, 9.17) is 0 Å². The van der Waals surface area contributed by atoms with Gasteiger partial charge in [-0.15, -0.1) is 24.0 Å². The van der Waals surface area contributed by atoms with E-state index in [0.717, 1.165) is 24.7 Å². The first-order valence-electron chi connectivity index (χ1n) is 7.10. The normalized spacial score (nSPS) is 12.1. The quantitative estimate of drug-likeness (QED) is 0.385. The molecule has 0 amide bonds. The summed E-state index contributed by atoms with van der Waals surface area (Å²) in [6.07, 6.45) is 2.13. The van der Waals surface area contributed by atoms with Gasteiger partial charge in [0, 0.05) is 29.6 Å². The van der Waals surface area contributed by atoms with Gasteiger partial charge >= 0.3 is 0 Å². The Balaban J connectivity index is 0.00000242. The molecule has 0 saturated heterocycles. The fourth-order valence-corrected chi connectivity index (χ4v) is 2.21. The lowest BCUT2D eigenvalue weighted by molar-refractivity contribution is 0.663. The third-order valence-electron chi connectivity index (χ3n) is 3.49. The standard InChI is InChI=1S/C16H24N4S.HI/c1-16(2,21-4)11-19-15(17-3)18-10-13-9-12-7-5-6-8-14(12)20-13;/h5-9,20H,10-11H2,1-4H3,(H2,17,18,19);1H. The summed E-state index contributed by atoms with van der Waals surface area (Å²) in [6, 6.07) is 10.5.